The van der Waals surface area contributed by atoms with Gasteiger partial charge in [-0.3, -0.25) is 0 Å². The van der Waals surface area contributed by atoms with Crippen LogP contribution in [0.5, 0.6) is 0 Å². The number of carboxylic acid groups (broad SMARTS) is 1. The van der Waals surface area contributed by atoms with Gasteiger partial charge in [-0.2, -0.15) is 0 Å². The first-order valence-electron chi connectivity index (χ1n) is 4.47. The third-order valence-corrected chi connectivity index (χ3v) is 2.56. The molecule has 1 atom stereocenters. The van der Waals surface area contributed by atoms with Crippen molar-refractivity contribution in [3.05, 3.63) is 28.2 Å². The largest absolute Gasteiger partial charge is 0.479 e. The average Bonchev–Trinajstić information content (AvgIpc) is 2.16. The molecule has 0 heterocycles. The van der Waals surface area contributed by atoms with Crippen LogP contribution in [-0.4, -0.2) is 28.3 Å². The van der Waals surface area contributed by atoms with Crippen molar-refractivity contribution in [2.45, 2.75) is 12.5 Å². The summed E-state index contributed by atoms with van der Waals surface area (Å²) < 4.78 is 0. The van der Waals surface area contributed by atoms with Crippen LogP contribution in [0.3, 0.4) is 0 Å². The van der Waals surface area contributed by atoms with Gasteiger partial charge in [0.1, 0.15) is 0 Å². The molecule has 0 radical (unpaired) electrons. The molecule has 16 heavy (non-hydrogen) atoms. The fraction of sp³-hybridized carbons (Fsp3) is 0.300. The lowest BCUT2D eigenvalue weighted by Crippen LogP contribution is -2.41. The summed E-state index contributed by atoms with van der Waals surface area (Å²) in [6.45, 7) is 1.05. The smallest absolute Gasteiger partial charge is 0.337 e. The highest BCUT2D eigenvalue weighted by Crippen LogP contribution is 2.25. The maximum absolute atomic E-state index is 10.6. The first-order valence-corrected chi connectivity index (χ1v) is 5.23. The van der Waals surface area contributed by atoms with Crippen LogP contribution in [0.25, 0.3) is 0 Å². The molecule has 1 rings (SSSR count). The van der Waals surface area contributed by atoms with Gasteiger partial charge in [-0.15, -0.1) is 0 Å². The topological polar surface area (TPSA) is 69.6 Å². The molecule has 0 fully saturated rings. The van der Waals surface area contributed by atoms with Gasteiger partial charge in [0, 0.05) is 5.02 Å². The molecule has 0 aromatic heterocycles. The second-order valence-electron chi connectivity index (χ2n) is 3.56. The Bertz CT molecular complexity index is 407. The molecule has 0 spiro atoms. The van der Waals surface area contributed by atoms with Crippen LogP contribution < -0.4 is 5.32 Å². The number of hydrogen-bond donors (Lipinski definition) is 3. The van der Waals surface area contributed by atoms with E-state index >= 15 is 0 Å². The molecule has 3 N–H and O–H groups in total. The zero-order valence-corrected chi connectivity index (χ0v) is 10.0. The second-order valence-corrected chi connectivity index (χ2v) is 4.40. The zero-order chi connectivity index (χ0) is 12.3. The van der Waals surface area contributed by atoms with E-state index in [0.717, 1.165) is 0 Å². The number of carboxylic acids is 1. The van der Waals surface area contributed by atoms with Crippen molar-refractivity contribution >= 4 is 34.9 Å². The summed E-state index contributed by atoms with van der Waals surface area (Å²) in [5.41, 5.74) is -1.32. The highest BCUT2D eigenvalue weighted by Gasteiger charge is 2.29. The average molecular weight is 264 g/mol. The molecule has 0 saturated carbocycles. The standard InChI is InChI=1S/C10H11Cl2NO3/c1-10(16,9(14)15)5-13-8-3-2-6(11)4-7(8)12/h2-4,13,16H,5H2,1H3,(H,14,15). The number of hydrogen-bond acceptors (Lipinski definition) is 3. The van der Waals surface area contributed by atoms with Crippen LogP contribution in [0.4, 0.5) is 5.69 Å². The summed E-state index contributed by atoms with van der Waals surface area (Å²) >= 11 is 11.6. The first-order chi connectivity index (χ1) is 7.33. The number of carbonyl (C=O) groups is 1. The Labute approximate surface area is 103 Å². The van der Waals surface area contributed by atoms with E-state index in [2.05, 4.69) is 5.32 Å². The van der Waals surface area contributed by atoms with E-state index in [1.807, 2.05) is 0 Å². The molecule has 1 aromatic rings. The molecule has 0 amide bonds. The maximum atomic E-state index is 10.6. The van der Waals surface area contributed by atoms with Crippen molar-refractivity contribution in [1.29, 1.82) is 0 Å². The molecule has 0 bridgehead atoms. The van der Waals surface area contributed by atoms with Gasteiger partial charge in [0.05, 0.1) is 17.3 Å². The minimum atomic E-state index is -1.84. The molecular formula is C10H11Cl2NO3. The van der Waals surface area contributed by atoms with Crippen LogP contribution in [-0.2, 0) is 4.79 Å². The lowest BCUT2D eigenvalue weighted by atomic mass is 10.1. The lowest BCUT2D eigenvalue weighted by molar-refractivity contribution is -0.155. The normalized spacial score (nSPS) is 14.2. The Morgan fingerprint density at radius 1 is 1.50 bits per heavy atom. The molecule has 88 valence electrons. The van der Waals surface area contributed by atoms with Gasteiger partial charge in [0.15, 0.2) is 5.60 Å². The molecule has 0 aliphatic rings. The fourth-order valence-corrected chi connectivity index (χ4v) is 1.45. The fourth-order valence-electron chi connectivity index (χ4n) is 0.976. The van der Waals surface area contributed by atoms with Crippen molar-refractivity contribution in [3.8, 4) is 0 Å². The Hall–Kier alpha value is -0.970. The van der Waals surface area contributed by atoms with Crippen LogP contribution in [0, 0.1) is 0 Å². The number of benzene rings is 1. The van der Waals surface area contributed by atoms with Gasteiger partial charge < -0.3 is 15.5 Å². The summed E-state index contributed by atoms with van der Waals surface area (Å²) in [6.07, 6.45) is 0. The monoisotopic (exact) mass is 263 g/mol. The van der Waals surface area contributed by atoms with E-state index in [9.17, 15) is 9.90 Å². The summed E-state index contributed by atoms with van der Waals surface area (Å²) in [7, 11) is 0. The third-order valence-electron chi connectivity index (χ3n) is 2.01. The molecule has 0 aliphatic carbocycles. The highest BCUT2D eigenvalue weighted by atomic mass is 35.5. The molecule has 0 saturated heterocycles. The van der Waals surface area contributed by atoms with Crippen molar-refractivity contribution in [2.75, 3.05) is 11.9 Å². The molecule has 1 aromatic carbocycles. The summed E-state index contributed by atoms with van der Waals surface area (Å²) in [4.78, 5) is 10.6. The number of rotatable bonds is 4. The Morgan fingerprint density at radius 2 is 2.12 bits per heavy atom. The van der Waals surface area contributed by atoms with Crippen molar-refractivity contribution in [3.63, 3.8) is 0 Å². The molecule has 0 aliphatic heterocycles. The maximum Gasteiger partial charge on any atom is 0.337 e. The van der Waals surface area contributed by atoms with Crippen molar-refractivity contribution < 1.29 is 15.0 Å². The summed E-state index contributed by atoms with van der Waals surface area (Å²) in [5, 5.41) is 21.8. The molecular weight excluding hydrogens is 253 g/mol. The summed E-state index contributed by atoms with van der Waals surface area (Å²) in [6, 6.07) is 4.76. The minimum absolute atomic E-state index is 0.149. The van der Waals surface area contributed by atoms with E-state index in [1.165, 1.54) is 13.0 Å². The van der Waals surface area contributed by atoms with Gasteiger partial charge in [0.25, 0.3) is 0 Å². The van der Waals surface area contributed by atoms with Crippen LogP contribution in [0.2, 0.25) is 10.0 Å². The number of halogens is 2. The highest BCUT2D eigenvalue weighted by molar-refractivity contribution is 6.36. The van der Waals surface area contributed by atoms with E-state index in [0.29, 0.717) is 15.7 Å². The SMILES string of the molecule is CC(O)(CNc1ccc(Cl)cc1Cl)C(=O)O. The second kappa shape index (κ2) is 4.91. The molecule has 6 heteroatoms. The van der Waals surface area contributed by atoms with Gasteiger partial charge in [-0.05, 0) is 25.1 Å². The van der Waals surface area contributed by atoms with Crippen LogP contribution >= 0.6 is 23.2 Å². The molecule has 1 unspecified atom stereocenters. The number of anilines is 1. The van der Waals surface area contributed by atoms with Gasteiger partial charge >= 0.3 is 5.97 Å². The van der Waals surface area contributed by atoms with E-state index in [1.54, 1.807) is 12.1 Å². The predicted molar refractivity (Wildman–Crippen MR) is 63.2 cm³/mol. The van der Waals surface area contributed by atoms with Crippen LogP contribution in [0.15, 0.2) is 18.2 Å². The quantitative estimate of drug-likeness (QED) is 0.780. The minimum Gasteiger partial charge on any atom is -0.479 e. The number of aliphatic carboxylic acids is 1. The van der Waals surface area contributed by atoms with Gasteiger partial charge in [-0.25, -0.2) is 4.79 Å². The van der Waals surface area contributed by atoms with Crippen molar-refractivity contribution in [2.24, 2.45) is 0 Å². The lowest BCUT2D eigenvalue weighted by Gasteiger charge is -2.19. The van der Waals surface area contributed by atoms with Gasteiger partial charge in [0.2, 0.25) is 0 Å². The Morgan fingerprint density at radius 3 is 2.62 bits per heavy atom. The zero-order valence-electron chi connectivity index (χ0n) is 8.50. The molecule has 4 nitrogen and oxygen atoms in total. The third kappa shape index (κ3) is 3.27. The van der Waals surface area contributed by atoms with E-state index < -0.39 is 11.6 Å². The predicted octanol–water partition coefficient (Wildman–Crippen LogP) is 2.24. The van der Waals surface area contributed by atoms with Crippen LogP contribution in [0.1, 0.15) is 6.92 Å². The van der Waals surface area contributed by atoms with Gasteiger partial charge in [-0.1, -0.05) is 23.2 Å². The Kier molecular flexibility index (Phi) is 4.02. The summed E-state index contributed by atoms with van der Waals surface area (Å²) in [5.74, 6) is -1.30. The van der Waals surface area contributed by atoms with E-state index in [-0.39, 0.29) is 6.54 Å². The number of aliphatic hydroxyl groups is 1. The Balaban J connectivity index is 2.72. The first kappa shape index (κ1) is 13.1. The van der Waals surface area contributed by atoms with E-state index in [4.69, 9.17) is 28.3 Å². The number of nitrogens with one attached hydrogen (secondary N) is 1. The van der Waals surface area contributed by atoms with Crippen molar-refractivity contribution in [1.82, 2.24) is 0 Å².